The minimum Gasteiger partial charge on any atom is -0.354 e. The van der Waals surface area contributed by atoms with Gasteiger partial charge < -0.3 is 5.11 Å². The maximum atomic E-state index is 13.9. The fourth-order valence-corrected chi connectivity index (χ4v) is 2.04. The Labute approximate surface area is 134 Å². The number of halogens is 17. The zero-order chi connectivity index (χ0) is 22.5. The van der Waals surface area contributed by atoms with Crippen molar-refractivity contribution in [3.63, 3.8) is 0 Å². The van der Waals surface area contributed by atoms with Crippen molar-refractivity contribution in [1.29, 1.82) is 0 Å². The van der Waals surface area contributed by atoms with Gasteiger partial charge in [0, 0.05) is 0 Å². The van der Waals surface area contributed by atoms with Crippen LogP contribution < -0.4 is 0 Å². The fourth-order valence-electron chi connectivity index (χ4n) is 2.04. The molecule has 1 saturated carbocycles. The predicted molar refractivity (Wildman–Crippen MR) is 45.6 cm³/mol. The average molecular weight is 448 g/mol. The first-order chi connectivity index (χ1) is 11.2. The monoisotopic (exact) mass is 448 g/mol. The summed E-state index contributed by atoms with van der Waals surface area (Å²) in [6.07, 6.45) is -7.81. The molecule has 0 amide bonds. The van der Waals surface area contributed by atoms with Crippen LogP contribution in [0.3, 0.4) is 0 Å². The van der Waals surface area contributed by atoms with Crippen LogP contribution in [-0.4, -0.2) is 58.3 Å². The van der Waals surface area contributed by atoms with E-state index in [1.807, 2.05) is 0 Å². The molecule has 1 atom stereocenters. The quantitative estimate of drug-likeness (QED) is 0.606. The summed E-state index contributed by atoms with van der Waals surface area (Å²) in [4.78, 5) is 0. The van der Waals surface area contributed by atoms with Crippen molar-refractivity contribution in [2.24, 2.45) is 0 Å². The van der Waals surface area contributed by atoms with Gasteiger partial charge in [-0.25, -0.2) is 8.78 Å². The Balaban J connectivity index is 4.10. The molecule has 18 heteroatoms. The van der Waals surface area contributed by atoms with Crippen LogP contribution in [0, 0.1) is 0 Å². The lowest BCUT2D eigenvalue weighted by Gasteiger charge is -2.55. The van der Waals surface area contributed by atoms with Gasteiger partial charge in [-0.3, -0.25) is 0 Å². The van der Waals surface area contributed by atoms with Gasteiger partial charge in [0.05, 0.1) is 0 Å². The van der Waals surface area contributed by atoms with Crippen LogP contribution in [0.25, 0.3) is 0 Å². The maximum absolute atomic E-state index is 13.9. The van der Waals surface area contributed by atoms with E-state index in [0.717, 1.165) is 0 Å². The summed E-state index contributed by atoms with van der Waals surface area (Å²) in [6.45, 7) is 0. The third kappa shape index (κ3) is 2.02. The molecule has 1 fully saturated rings. The highest BCUT2D eigenvalue weighted by molar-refractivity contribution is 5.31. The van der Waals surface area contributed by atoms with Crippen LogP contribution >= 0.6 is 0 Å². The Hall–Kier alpha value is -1.23. The second-order valence-electron chi connectivity index (χ2n) is 5.22. The number of hydrogen-bond acceptors (Lipinski definition) is 1. The summed E-state index contributed by atoms with van der Waals surface area (Å²) in [5.41, 5.74) is -8.60. The molecule has 27 heavy (non-hydrogen) atoms. The van der Waals surface area contributed by atoms with Crippen LogP contribution in [0.5, 0.6) is 0 Å². The molecule has 0 heterocycles. The standard InChI is InChI=1S/C9HF17O/c10-1(8(23,27)7(21,22)9(24,25)26)2(11,12)4(15,16)6(19,20)5(17,18)3(1,13)14/h27H. The molecule has 0 saturated heterocycles. The van der Waals surface area contributed by atoms with Crippen molar-refractivity contribution in [3.8, 4) is 0 Å². The van der Waals surface area contributed by atoms with E-state index in [4.69, 9.17) is 5.11 Å². The van der Waals surface area contributed by atoms with E-state index in [-0.39, 0.29) is 0 Å². The third-order valence-electron chi connectivity index (χ3n) is 3.67. The molecule has 162 valence electrons. The predicted octanol–water partition coefficient (Wildman–Crippen LogP) is 4.74. The minimum absolute atomic E-state index is 7.81. The van der Waals surface area contributed by atoms with Crippen LogP contribution in [-0.2, 0) is 0 Å². The van der Waals surface area contributed by atoms with Crippen molar-refractivity contribution in [2.45, 2.75) is 53.2 Å². The first-order valence-corrected chi connectivity index (χ1v) is 5.69. The highest BCUT2D eigenvalue weighted by Gasteiger charge is 3.07. The molecule has 0 spiro atoms. The Bertz CT molecular complexity index is 582. The van der Waals surface area contributed by atoms with E-state index in [2.05, 4.69) is 0 Å². The number of alkyl halides is 17. The van der Waals surface area contributed by atoms with Gasteiger partial charge in [0.2, 0.25) is 0 Å². The van der Waals surface area contributed by atoms with E-state index in [1.54, 1.807) is 0 Å². The van der Waals surface area contributed by atoms with Crippen molar-refractivity contribution in [2.75, 3.05) is 0 Å². The van der Waals surface area contributed by atoms with E-state index < -0.39 is 53.2 Å². The van der Waals surface area contributed by atoms with Gasteiger partial charge >= 0.3 is 53.2 Å². The topological polar surface area (TPSA) is 20.2 Å². The van der Waals surface area contributed by atoms with Crippen molar-refractivity contribution >= 4 is 0 Å². The number of rotatable bonds is 2. The van der Waals surface area contributed by atoms with Crippen LogP contribution in [0.4, 0.5) is 74.6 Å². The lowest BCUT2D eigenvalue weighted by Crippen LogP contribution is -2.90. The number of aliphatic hydroxyl groups is 1. The molecule has 0 aromatic carbocycles. The van der Waals surface area contributed by atoms with E-state index in [1.165, 1.54) is 0 Å². The van der Waals surface area contributed by atoms with Gasteiger partial charge in [-0.05, 0) is 0 Å². The fraction of sp³-hybridized carbons (Fsp3) is 1.00. The van der Waals surface area contributed by atoms with Crippen LogP contribution in [0.2, 0.25) is 0 Å². The molecule has 0 aromatic rings. The van der Waals surface area contributed by atoms with Crippen molar-refractivity contribution in [1.82, 2.24) is 0 Å². The van der Waals surface area contributed by atoms with E-state index in [9.17, 15) is 74.6 Å². The van der Waals surface area contributed by atoms with E-state index in [0.29, 0.717) is 0 Å². The van der Waals surface area contributed by atoms with Gasteiger partial charge in [0.25, 0.3) is 0 Å². The lowest BCUT2D eigenvalue weighted by molar-refractivity contribution is -0.531. The SMILES string of the molecule is OC(F)(C(F)(F)C(F)(F)F)C1(F)C(F)(F)C(F)(F)C(F)(F)C(F)(F)C1(F)F. The van der Waals surface area contributed by atoms with Gasteiger partial charge in [0.15, 0.2) is 0 Å². The molecule has 1 aliphatic carbocycles. The third-order valence-corrected chi connectivity index (χ3v) is 3.67. The smallest absolute Gasteiger partial charge is 0.354 e. The maximum Gasteiger partial charge on any atom is 0.459 e. The minimum atomic E-state index is -8.60. The van der Waals surface area contributed by atoms with Gasteiger partial charge in [0.1, 0.15) is 0 Å². The van der Waals surface area contributed by atoms with Crippen LogP contribution in [0.1, 0.15) is 0 Å². The van der Waals surface area contributed by atoms with Crippen molar-refractivity contribution < 1.29 is 79.7 Å². The van der Waals surface area contributed by atoms with Crippen molar-refractivity contribution in [3.05, 3.63) is 0 Å². The second-order valence-corrected chi connectivity index (χ2v) is 5.22. The Kier molecular flexibility index (Phi) is 4.43. The summed E-state index contributed by atoms with van der Waals surface area (Å²) in [5, 5.41) is 8.18. The second kappa shape index (κ2) is 5.03. The molecule has 1 unspecified atom stereocenters. The van der Waals surface area contributed by atoms with Crippen LogP contribution in [0.15, 0.2) is 0 Å². The lowest BCUT2D eigenvalue weighted by atomic mass is 9.67. The summed E-state index contributed by atoms with van der Waals surface area (Å²) in [7, 11) is 0. The zero-order valence-corrected chi connectivity index (χ0v) is 11.4. The molecule has 1 nitrogen and oxygen atoms in total. The first kappa shape index (κ1) is 23.8. The van der Waals surface area contributed by atoms with Gasteiger partial charge in [-0.2, -0.15) is 65.9 Å². The average Bonchev–Trinajstić information content (AvgIpc) is 2.42. The van der Waals surface area contributed by atoms with E-state index >= 15 is 0 Å². The molecular weight excluding hydrogens is 447 g/mol. The Morgan fingerprint density at radius 2 is 0.667 bits per heavy atom. The molecule has 0 bridgehead atoms. The molecule has 1 N–H and O–H groups in total. The Morgan fingerprint density at radius 3 is 0.889 bits per heavy atom. The normalized spacial score (nSPS) is 30.4. The highest BCUT2D eigenvalue weighted by atomic mass is 19.4. The molecular formula is C9HF17O. The first-order valence-electron chi connectivity index (χ1n) is 5.69. The Morgan fingerprint density at radius 1 is 0.444 bits per heavy atom. The van der Waals surface area contributed by atoms with Gasteiger partial charge in [-0.1, -0.05) is 0 Å². The summed E-state index contributed by atoms with van der Waals surface area (Å²) >= 11 is 0. The highest BCUT2D eigenvalue weighted by Crippen LogP contribution is 2.73. The molecule has 0 aromatic heterocycles. The molecule has 0 aliphatic heterocycles. The van der Waals surface area contributed by atoms with Gasteiger partial charge in [-0.15, -0.1) is 0 Å². The molecule has 1 rings (SSSR count). The molecule has 1 aliphatic rings. The summed E-state index contributed by atoms with van der Waals surface area (Å²) in [5.74, 6) is -57.7. The summed E-state index contributed by atoms with van der Waals surface area (Å²) < 4.78 is 219. The number of hydrogen-bond donors (Lipinski definition) is 1. The largest absolute Gasteiger partial charge is 0.459 e. The summed E-state index contributed by atoms with van der Waals surface area (Å²) in [6, 6.07) is 0. The zero-order valence-electron chi connectivity index (χ0n) is 11.4. The molecule has 0 radical (unpaired) electrons.